The molecule has 1 heterocycles. The number of halogens is 3. The van der Waals surface area contributed by atoms with Crippen molar-refractivity contribution in [3.8, 4) is 0 Å². The summed E-state index contributed by atoms with van der Waals surface area (Å²) in [6, 6.07) is 7.91. The lowest BCUT2D eigenvalue weighted by Gasteiger charge is -2.17. The third kappa shape index (κ3) is 3.10. The molecule has 1 aliphatic heterocycles. The number of carbonyl (C=O) groups excluding carboxylic acids is 2. The predicted octanol–water partition coefficient (Wildman–Crippen LogP) is 2.64. The first-order valence-corrected chi connectivity index (χ1v) is 7.26. The second kappa shape index (κ2) is 6.35. The third-order valence-electron chi connectivity index (χ3n) is 3.79. The number of carbonyl (C=O) groups is 2. The van der Waals surface area contributed by atoms with Gasteiger partial charge in [-0.25, -0.2) is 13.2 Å². The average Bonchev–Trinajstić information content (AvgIpc) is 2.88. The molecule has 1 N–H and O–H groups in total. The van der Waals surface area contributed by atoms with Crippen LogP contribution in [0.3, 0.4) is 0 Å². The summed E-state index contributed by atoms with van der Waals surface area (Å²) in [4.78, 5) is 25.5. The van der Waals surface area contributed by atoms with Crippen LogP contribution >= 0.6 is 0 Å². The molecule has 1 saturated heterocycles. The molecule has 1 atom stereocenters. The maximum absolute atomic E-state index is 13.6. The van der Waals surface area contributed by atoms with E-state index in [1.807, 2.05) is 0 Å². The van der Waals surface area contributed by atoms with E-state index < -0.39 is 35.0 Å². The van der Waals surface area contributed by atoms with Gasteiger partial charge in [0.15, 0.2) is 0 Å². The number of nitrogens with one attached hydrogen (secondary N) is 1. The van der Waals surface area contributed by atoms with Crippen molar-refractivity contribution in [2.45, 2.75) is 12.5 Å². The van der Waals surface area contributed by atoms with Crippen molar-refractivity contribution in [2.24, 2.45) is 0 Å². The van der Waals surface area contributed by atoms with Gasteiger partial charge in [-0.05, 0) is 36.4 Å². The fraction of sp³-hybridized carbons (Fsp3) is 0.176. The van der Waals surface area contributed by atoms with Gasteiger partial charge in [0.1, 0.15) is 23.0 Å². The van der Waals surface area contributed by atoms with Crippen molar-refractivity contribution >= 4 is 17.5 Å². The average molecular weight is 334 g/mol. The van der Waals surface area contributed by atoms with Crippen LogP contribution in [0.4, 0.5) is 18.9 Å². The summed E-state index contributed by atoms with van der Waals surface area (Å²) in [6.45, 7) is 0.145. The molecule has 1 aliphatic rings. The van der Waals surface area contributed by atoms with E-state index in [9.17, 15) is 22.8 Å². The normalized spacial score (nSPS) is 17.2. The molecule has 0 spiro atoms. The molecule has 0 saturated carbocycles. The quantitative estimate of drug-likeness (QED) is 0.938. The summed E-state index contributed by atoms with van der Waals surface area (Å²) in [5, 5.41) is 2.46. The molecule has 4 nitrogen and oxygen atoms in total. The van der Waals surface area contributed by atoms with Gasteiger partial charge >= 0.3 is 0 Å². The molecule has 3 rings (SSSR count). The van der Waals surface area contributed by atoms with Crippen molar-refractivity contribution in [2.75, 3.05) is 11.4 Å². The monoisotopic (exact) mass is 334 g/mol. The van der Waals surface area contributed by atoms with Gasteiger partial charge in [-0.15, -0.1) is 0 Å². The van der Waals surface area contributed by atoms with Crippen LogP contribution in [0, 0.1) is 17.5 Å². The first kappa shape index (κ1) is 16.0. The Morgan fingerprint density at radius 1 is 1.04 bits per heavy atom. The van der Waals surface area contributed by atoms with Crippen molar-refractivity contribution in [1.29, 1.82) is 0 Å². The molecule has 1 fully saturated rings. The summed E-state index contributed by atoms with van der Waals surface area (Å²) in [6.07, 6.45) is -0.000805. The van der Waals surface area contributed by atoms with Crippen molar-refractivity contribution in [3.05, 3.63) is 65.5 Å². The van der Waals surface area contributed by atoms with Crippen molar-refractivity contribution < 1.29 is 22.8 Å². The van der Waals surface area contributed by atoms with Crippen molar-refractivity contribution in [1.82, 2.24) is 5.32 Å². The Labute approximate surface area is 135 Å². The molecule has 0 bridgehead atoms. The van der Waals surface area contributed by atoms with E-state index >= 15 is 0 Å². The van der Waals surface area contributed by atoms with E-state index in [4.69, 9.17) is 0 Å². The molecule has 0 aromatic heterocycles. The summed E-state index contributed by atoms with van der Waals surface area (Å²) in [7, 11) is 0. The zero-order valence-electron chi connectivity index (χ0n) is 12.4. The summed E-state index contributed by atoms with van der Waals surface area (Å²) in [5.41, 5.74) is -0.180. The first-order valence-electron chi connectivity index (χ1n) is 7.26. The number of hydrogen-bond acceptors (Lipinski definition) is 2. The lowest BCUT2D eigenvalue weighted by atomic mass is 10.1. The first-order chi connectivity index (χ1) is 11.5. The molecule has 2 amide bonds. The number of anilines is 1. The molecular weight excluding hydrogens is 321 g/mol. The number of amides is 2. The second-order valence-electron chi connectivity index (χ2n) is 5.45. The van der Waals surface area contributed by atoms with Gasteiger partial charge in [0.05, 0.1) is 6.04 Å². The van der Waals surface area contributed by atoms with Crippen LogP contribution in [-0.4, -0.2) is 24.4 Å². The van der Waals surface area contributed by atoms with Gasteiger partial charge in [-0.2, -0.15) is 0 Å². The molecule has 124 valence electrons. The largest absolute Gasteiger partial charge is 0.347 e. The standard InChI is InChI=1S/C17H13F3N2O2/c18-10-4-6-12(7-5-10)22-9-11(8-15(22)23)21-17(24)16-13(19)2-1-3-14(16)20/h1-7,11H,8-9H2,(H,21,24). The molecular formula is C17H13F3N2O2. The molecule has 24 heavy (non-hydrogen) atoms. The lowest BCUT2D eigenvalue weighted by molar-refractivity contribution is -0.117. The number of rotatable bonds is 3. The Morgan fingerprint density at radius 2 is 1.67 bits per heavy atom. The smallest absolute Gasteiger partial charge is 0.257 e. The van der Waals surface area contributed by atoms with Gasteiger partial charge in [-0.3, -0.25) is 9.59 Å². The number of nitrogens with zero attached hydrogens (tertiary/aromatic N) is 1. The van der Waals surface area contributed by atoms with E-state index in [0.717, 1.165) is 18.2 Å². The third-order valence-corrected chi connectivity index (χ3v) is 3.79. The Morgan fingerprint density at radius 3 is 2.29 bits per heavy atom. The fourth-order valence-corrected chi connectivity index (χ4v) is 2.65. The molecule has 2 aromatic carbocycles. The lowest BCUT2D eigenvalue weighted by Crippen LogP contribution is -2.38. The van der Waals surface area contributed by atoms with Crippen LogP contribution in [0.5, 0.6) is 0 Å². The highest BCUT2D eigenvalue weighted by Crippen LogP contribution is 2.22. The summed E-state index contributed by atoms with van der Waals surface area (Å²) in [5.74, 6) is -3.53. The second-order valence-corrected chi connectivity index (χ2v) is 5.45. The minimum atomic E-state index is -0.966. The number of hydrogen-bond donors (Lipinski definition) is 1. The Kier molecular flexibility index (Phi) is 4.24. The topological polar surface area (TPSA) is 49.4 Å². The van der Waals surface area contributed by atoms with Crippen molar-refractivity contribution in [3.63, 3.8) is 0 Å². The van der Waals surface area contributed by atoms with E-state index in [2.05, 4.69) is 5.32 Å². The van der Waals surface area contributed by atoms with Gasteiger partial charge < -0.3 is 10.2 Å². The maximum atomic E-state index is 13.6. The van der Waals surface area contributed by atoms with Gasteiger partial charge in [0.25, 0.3) is 5.91 Å². The van der Waals surface area contributed by atoms with Gasteiger partial charge in [-0.1, -0.05) is 6.07 Å². The van der Waals surface area contributed by atoms with Crippen LogP contribution in [-0.2, 0) is 4.79 Å². The van der Waals surface area contributed by atoms with Crippen LogP contribution in [0.1, 0.15) is 16.8 Å². The zero-order valence-corrected chi connectivity index (χ0v) is 12.4. The Bertz CT molecular complexity index is 773. The van der Waals surface area contributed by atoms with E-state index in [-0.39, 0.29) is 18.9 Å². The minimum Gasteiger partial charge on any atom is -0.347 e. The predicted molar refractivity (Wildman–Crippen MR) is 81.0 cm³/mol. The maximum Gasteiger partial charge on any atom is 0.257 e. The molecule has 0 radical (unpaired) electrons. The van der Waals surface area contributed by atoms with Gasteiger partial charge in [0, 0.05) is 18.7 Å². The summed E-state index contributed by atoms with van der Waals surface area (Å²) >= 11 is 0. The highest BCUT2D eigenvalue weighted by molar-refractivity contribution is 5.99. The van der Waals surface area contributed by atoms with Gasteiger partial charge in [0.2, 0.25) is 5.91 Å². The molecule has 7 heteroatoms. The van der Waals surface area contributed by atoms with Crippen LogP contribution < -0.4 is 10.2 Å². The van der Waals surface area contributed by atoms with E-state index in [1.54, 1.807) is 0 Å². The van der Waals surface area contributed by atoms with Crippen LogP contribution in [0.2, 0.25) is 0 Å². The zero-order chi connectivity index (χ0) is 17.3. The number of benzene rings is 2. The van der Waals surface area contributed by atoms with Crippen LogP contribution in [0.15, 0.2) is 42.5 Å². The van der Waals surface area contributed by atoms with E-state index in [0.29, 0.717) is 5.69 Å². The summed E-state index contributed by atoms with van der Waals surface area (Å²) < 4.78 is 40.2. The Hall–Kier alpha value is -2.83. The van der Waals surface area contributed by atoms with E-state index in [1.165, 1.54) is 29.2 Å². The van der Waals surface area contributed by atoms with Crippen LogP contribution in [0.25, 0.3) is 0 Å². The minimum absolute atomic E-state index is 0.000805. The Balaban J connectivity index is 1.72. The highest BCUT2D eigenvalue weighted by Gasteiger charge is 2.32. The SMILES string of the molecule is O=C(NC1CC(=O)N(c2ccc(F)cc2)C1)c1c(F)cccc1F. The highest BCUT2D eigenvalue weighted by atomic mass is 19.1. The fourth-order valence-electron chi connectivity index (χ4n) is 2.65. The molecule has 0 aliphatic carbocycles. The molecule has 1 unspecified atom stereocenters. The molecule has 2 aromatic rings.